The molecule has 0 aliphatic carbocycles. The summed E-state index contributed by atoms with van der Waals surface area (Å²) in [4.78, 5) is 0.0943. The minimum Gasteiger partial charge on any atom is -0.473 e. The second kappa shape index (κ2) is 2.72. The minimum absolute atomic E-state index is 0.0943. The van der Waals surface area contributed by atoms with E-state index in [1.807, 2.05) is 0 Å². The lowest BCUT2D eigenvalue weighted by Crippen LogP contribution is -2.29. The Kier molecular flexibility index (Phi) is 1.79. The molecule has 0 spiro atoms. The average molecular weight is 203 g/mol. The Bertz CT molecular complexity index is 384. The highest BCUT2D eigenvalue weighted by molar-refractivity contribution is 7.93. The van der Waals surface area contributed by atoms with Gasteiger partial charge in [0.05, 0.1) is 6.54 Å². The number of hydrogen-bond donors (Lipinski definition) is 2. The number of ether oxygens (including phenoxy) is 1. The van der Waals surface area contributed by atoms with Gasteiger partial charge in [-0.1, -0.05) is 0 Å². The summed E-state index contributed by atoms with van der Waals surface area (Å²) in [6.45, 7) is 0.547. The molecule has 0 aromatic heterocycles. The zero-order valence-corrected chi connectivity index (χ0v) is 7.54. The van der Waals surface area contributed by atoms with Gasteiger partial charge in [0.15, 0.2) is 0 Å². The summed E-state index contributed by atoms with van der Waals surface area (Å²) < 4.78 is 27.2. The van der Waals surface area contributed by atoms with Crippen molar-refractivity contribution in [1.82, 2.24) is 10.4 Å². The Morgan fingerprint density at radius 3 is 3.08 bits per heavy atom. The van der Waals surface area contributed by atoms with Crippen LogP contribution in [0.5, 0.6) is 0 Å². The molecule has 13 heavy (non-hydrogen) atoms. The zero-order valence-electron chi connectivity index (χ0n) is 6.73. The summed E-state index contributed by atoms with van der Waals surface area (Å²) in [7, 11) is -3.66. The van der Waals surface area contributed by atoms with Crippen molar-refractivity contribution in [2.75, 3.05) is 13.2 Å². The quantitative estimate of drug-likeness (QED) is 0.559. The van der Waals surface area contributed by atoms with E-state index in [1.165, 1.54) is 5.01 Å². The van der Waals surface area contributed by atoms with Crippen LogP contribution in [0.4, 0.5) is 0 Å². The fraction of sp³-hybridized carbons (Fsp3) is 0.333. The van der Waals surface area contributed by atoms with Crippen molar-refractivity contribution in [3.63, 3.8) is 0 Å². The van der Waals surface area contributed by atoms with Crippen LogP contribution in [0, 0.1) is 0 Å². The fourth-order valence-electron chi connectivity index (χ4n) is 1.21. The second-order valence-electron chi connectivity index (χ2n) is 2.67. The van der Waals surface area contributed by atoms with Crippen LogP contribution in [-0.4, -0.2) is 26.6 Å². The lowest BCUT2D eigenvalue weighted by molar-refractivity contribution is 0.132. The minimum atomic E-state index is -3.66. The number of sulfonamides is 1. The largest absolute Gasteiger partial charge is 0.473 e. The normalized spacial score (nSPS) is 21.8. The molecule has 0 radical (unpaired) electrons. The third kappa shape index (κ3) is 1.41. The van der Waals surface area contributed by atoms with Crippen LogP contribution in [-0.2, 0) is 14.8 Å². The van der Waals surface area contributed by atoms with E-state index >= 15 is 0 Å². The Morgan fingerprint density at radius 1 is 1.62 bits per heavy atom. The number of nitrogens with one attached hydrogen (secondary N) is 1. The Balaban J connectivity index is 2.45. The predicted octanol–water partition coefficient (Wildman–Crippen LogP) is -1.19. The van der Waals surface area contributed by atoms with Crippen molar-refractivity contribution in [3.8, 4) is 0 Å². The van der Waals surface area contributed by atoms with Crippen LogP contribution in [0.2, 0.25) is 0 Å². The maximum absolute atomic E-state index is 11.0. The molecule has 2 rings (SSSR count). The summed E-state index contributed by atoms with van der Waals surface area (Å²) >= 11 is 0. The summed E-state index contributed by atoms with van der Waals surface area (Å²) in [6, 6.07) is 0. The smallest absolute Gasteiger partial charge is 0.240 e. The van der Waals surface area contributed by atoms with Gasteiger partial charge in [0.2, 0.25) is 15.9 Å². The molecule has 0 aromatic carbocycles. The molecule has 0 amide bonds. The summed E-state index contributed by atoms with van der Waals surface area (Å²) in [5.41, 5.74) is 2.80. The van der Waals surface area contributed by atoms with Crippen molar-refractivity contribution in [3.05, 3.63) is 23.1 Å². The van der Waals surface area contributed by atoms with Gasteiger partial charge in [0.25, 0.3) is 0 Å². The number of hydrazine groups is 1. The van der Waals surface area contributed by atoms with Crippen LogP contribution in [0.25, 0.3) is 0 Å². The van der Waals surface area contributed by atoms with Gasteiger partial charge in [0.1, 0.15) is 11.5 Å². The molecule has 7 heteroatoms. The van der Waals surface area contributed by atoms with E-state index in [4.69, 9.17) is 9.88 Å². The molecule has 0 saturated carbocycles. The van der Waals surface area contributed by atoms with Gasteiger partial charge in [-0.05, 0) is 6.08 Å². The van der Waals surface area contributed by atoms with Crippen LogP contribution in [0.3, 0.4) is 0 Å². The Labute approximate surface area is 75.7 Å². The van der Waals surface area contributed by atoms with Crippen molar-refractivity contribution in [2.45, 2.75) is 0 Å². The fourth-order valence-corrected chi connectivity index (χ4v) is 1.87. The van der Waals surface area contributed by atoms with E-state index in [9.17, 15) is 8.42 Å². The molecule has 2 heterocycles. The molecule has 0 atom stereocenters. The number of rotatable bonds is 1. The molecule has 3 N–H and O–H groups in total. The van der Waals surface area contributed by atoms with Crippen molar-refractivity contribution in [1.29, 1.82) is 0 Å². The molecule has 2 aliphatic heterocycles. The van der Waals surface area contributed by atoms with E-state index in [2.05, 4.69) is 5.43 Å². The lowest BCUT2D eigenvalue weighted by atomic mass is 10.5. The first-order chi connectivity index (χ1) is 6.09. The highest BCUT2D eigenvalue weighted by atomic mass is 32.2. The first kappa shape index (κ1) is 8.54. The van der Waals surface area contributed by atoms with Gasteiger partial charge in [-0.25, -0.2) is 19.0 Å². The van der Waals surface area contributed by atoms with Gasteiger partial charge >= 0.3 is 0 Å². The Hall–Kier alpha value is -1.05. The number of hydrogen-bond acceptors (Lipinski definition) is 5. The van der Waals surface area contributed by atoms with Crippen LogP contribution < -0.4 is 10.6 Å². The molecule has 0 saturated heterocycles. The van der Waals surface area contributed by atoms with Crippen LogP contribution in [0.15, 0.2) is 23.1 Å². The summed E-state index contributed by atoms with van der Waals surface area (Å²) in [6.07, 6.45) is 3.47. The third-order valence-corrected chi connectivity index (χ3v) is 2.79. The monoisotopic (exact) mass is 203 g/mol. The van der Waals surface area contributed by atoms with E-state index in [0.29, 0.717) is 6.61 Å². The van der Waals surface area contributed by atoms with Crippen molar-refractivity contribution < 1.29 is 13.2 Å². The lowest BCUT2D eigenvalue weighted by Gasteiger charge is -2.20. The summed E-state index contributed by atoms with van der Waals surface area (Å²) in [5.74, 6) is 0.282. The first-order valence-electron chi connectivity index (χ1n) is 3.67. The molecule has 0 unspecified atom stereocenters. The molecule has 2 aliphatic rings. The average Bonchev–Trinajstić information content (AvgIpc) is 2.45. The highest BCUT2D eigenvalue weighted by Crippen LogP contribution is 2.22. The third-order valence-electron chi connectivity index (χ3n) is 1.78. The molecule has 6 nitrogen and oxygen atoms in total. The zero-order chi connectivity index (χ0) is 9.47. The van der Waals surface area contributed by atoms with Gasteiger partial charge in [0, 0.05) is 6.20 Å². The molecule has 0 fully saturated rings. The molecular weight excluding hydrogens is 194 g/mol. The van der Waals surface area contributed by atoms with Crippen molar-refractivity contribution in [2.24, 2.45) is 5.14 Å². The van der Waals surface area contributed by atoms with Crippen LogP contribution >= 0.6 is 0 Å². The number of fused-ring (bicyclic) bond motifs is 1. The number of nitrogens with zero attached hydrogens (tertiary/aromatic N) is 1. The molecule has 0 aromatic rings. The standard InChI is InChI=1S/C6H9N3O3S/c7-13(10,11)5-4-8-9-2-1-3-12-6(5)9/h1-2,8H,3-4H2,(H2,7,10,11). The molecular formula is C6H9N3O3S. The van der Waals surface area contributed by atoms with Gasteiger partial charge < -0.3 is 4.74 Å². The van der Waals surface area contributed by atoms with Gasteiger partial charge in [-0.3, -0.25) is 5.01 Å². The number of nitrogens with two attached hydrogens (primary N) is 1. The topological polar surface area (TPSA) is 84.7 Å². The van der Waals surface area contributed by atoms with E-state index in [-0.39, 0.29) is 17.3 Å². The van der Waals surface area contributed by atoms with E-state index < -0.39 is 10.0 Å². The van der Waals surface area contributed by atoms with Crippen molar-refractivity contribution >= 4 is 10.0 Å². The predicted molar refractivity (Wildman–Crippen MR) is 45.1 cm³/mol. The van der Waals surface area contributed by atoms with E-state index in [1.54, 1.807) is 12.3 Å². The Morgan fingerprint density at radius 2 is 2.38 bits per heavy atom. The second-order valence-corrected chi connectivity index (χ2v) is 4.26. The molecule has 0 bridgehead atoms. The highest BCUT2D eigenvalue weighted by Gasteiger charge is 2.30. The van der Waals surface area contributed by atoms with Crippen LogP contribution in [0.1, 0.15) is 0 Å². The molecule has 72 valence electrons. The maximum Gasteiger partial charge on any atom is 0.240 e. The first-order valence-corrected chi connectivity index (χ1v) is 5.22. The van der Waals surface area contributed by atoms with E-state index in [0.717, 1.165) is 0 Å². The number of primary sulfonamides is 1. The SMILES string of the molecule is NS(=O)(=O)C1=C2OCC=CN2NC1. The van der Waals surface area contributed by atoms with Gasteiger partial charge in [-0.2, -0.15) is 0 Å². The van der Waals surface area contributed by atoms with Gasteiger partial charge in [-0.15, -0.1) is 0 Å². The summed E-state index contributed by atoms with van der Waals surface area (Å²) in [5, 5.41) is 6.49. The maximum atomic E-state index is 11.0.